The van der Waals surface area contributed by atoms with Gasteiger partial charge in [0, 0.05) is 17.6 Å². The van der Waals surface area contributed by atoms with E-state index in [1.807, 2.05) is 0 Å². The van der Waals surface area contributed by atoms with Gasteiger partial charge in [-0.15, -0.1) is 69.1 Å². The largest absolute Gasteiger partial charge is 0 e. The Morgan fingerprint density at radius 2 is 0.964 bits per heavy atom. The van der Waals surface area contributed by atoms with E-state index in [0.29, 0.717) is 0 Å². The van der Waals surface area contributed by atoms with Gasteiger partial charge >= 0.3 is 37.9 Å². The molecule has 0 aliphatic carbocycles. The molecule has 302 valence electrons. The monoisotopic (exact) mass is 882 g/mol. The fraction of sp³-hybridized carbons (Fsp3) is 0.373. The summed E-state index contributed by atoms with van der Waals surface area (Å²) in [7, 11) is 9.87. The van der Waals surface area contributed by atoms with Crippen molar-refractivity contribution in [2.75, 3.05) is 6.61 Å². The molecule has 0 heterocycles. The molecule has 0 fully saturated rings. The Balaban J connectivity index is 0.000000415. The van der Waals surface area contributed by atoms with E-state index in [-0.39, 0.29) is 34.8 Å². The van der Waals surface area contributed by atoms with E-state index < -0.39 is 20.8 Å². The Kier molecular flexibility index (Phi) is 22.2. The van der Waals surface area contributed by atoms with E-state index in [2.05, 4.69) is 192 Å². The molecule has 5 heteroatoms. The average Bonchev–Trinajstić information content (AvgIpc) is 3.68. The minimum atomic E-state index is -0.826. The maximum atomic E-state index is 5.56. The molecule has 6 rings (SSSR count). The molecule has 0 saturated heterocycles. The van der Waals surface area contributed by atoms with Gasteiger partial charge in [0.1, 0.15) is 0 Å². The molecule has 0 amide bonds. The van der Waals surface area contributed by atoms with Crippen molar-refractivity contribution in [2.24, 2.45) is 0 Å². The van der Waals surface area contributed by atoms with Gasteiger partial charge in [0.25, 0.3) is 0 Å². The molecule has 0 unspecified atom stereocenters. The van der Waals surface area contributed by atoms with E-state index in [9.17, 15) is 0 Å². The van der Waals surface area contributed by atoms with E-state index in [0.717, 1.165) is 13.0 Å². The van der Waals surface area contributed by atoms with Gasteiger partial charge in [-0.2, -0.15) is 18.6 Å². The number of rotatable bonds is 7. The number of ether oxygens (including phenoxy) is 1. The van der Waals surface area contributed by atoms with Crippen LogP contribution in [0.5, 0.6) is 0 Å². The van der Waals surface area contributed by atoms with Crippen LogP contribution in [0.1, 0.15) is 110 Å². The van der Waals surface area contributed by atoms with Crippen molar-refractivity contribution < 1.29 is 25.6 Å². The van der Waals surface area contributed by atoms with Crippen LogP contribution in [0.25, 0.3) is 43.8 Å². The van der Waals surface area contributed by atoms with Crippen LogP contribution in [0.2, 0.25) is 0 Å². The number of unbranched alkanes of at least 4 members (excludes halogenated alkanes) is 3. The second-order valence-corrected chi connectivity index (χ2v) is 21.0. The smallest absolute Gasteiger partial charge is 0 e. The number of halogens is 2. The minimum Gasteiger partial charge on any atom is 0 e. The van der Waals surface area contributed by atoms with E-state index >= 15 is 0 Å². The van der Waals surface area contributed by atoms with Crippen LogP contribution in [-0.4, -0.2) is 23.2 Å². The summed E-state index contributed by atoms with van der Waals surface area (Å²) in [5.74, 6) is 0. The number of benzene rings is 4. The number of hydrogen-bond acceptors (Lipinski definition) is 1. The van der Waals surface area contributed by atoms with Gasteiger partial charge in [-0.05, 0) is 60.3 Å². The Hall–Kier alpha value is -2.26. The van der Waals surface area contributed by atoms with Crippen LogP contribution >= 0.6 is 17.0 Å². The van der Waals surface area contributed by atoms with Crippen molar-refractivity contribution in [3.8, 4) is 22.3 Å². The summed E-state index contributed by atoms with van der Waals surface area (Å²) in [5.41, 5.74) is 11.1. The topological polar surface area (TPSA) is 9.23 Å². The molecule has 6 aromatic carbocycles. The Bertz CT molecular complexity index is 1850. The summed E-state index contributed by atoms with van der Waals surface area (Å²) in [6.07, 6.45) is 4.70. The zero-order valence-electron chi connectivity index (χ0n) is 36.3. The molecule has 0 atom stereocenters. The fourth-order valence-electron chi connectivity index (χ4n) is 6.41. The molecule has 0 saturated carbocycles. The molecule has 0 aliphatic rings. The van der Waals surface area contributed by atoms with Crippen molar-refractivity contribution in [1.29, 1.82) is 0 Å². The molecule has 0 N–H and O–H groups in total. The second-order valence-electron chi connectivity index (χ2n) is 17.3. The van der Waals surface area contributed by atoms with Crippen LogP contribution in [0.4, 0.5) is 0 Å². The zero-order valence-corrected chi connectivity index (χ0v) is 41.3. The van der Waals surface area contributed by atoms with E-state index in [1.54, 1.807) is 0 Å². The first-order valence-corrected chi connectivity index (χ1v) is 25.6. The summed E-state index contributed by atoms with van der Waals surface area (Å²) in [6, 6.07) is 40.2. The summed E-state index contributed by atoms with van der Waals surface area (Å²) in [5, 5.41) is 5.38. The van der Waals surface area contributed by atoms with Gasteiger partial charge in [0.15, 0.2) is 0 Å². The van der Waals surface area contributed by atoms with Crippen LogP contribution in [0, 0.1) is 28.2 Å². The van der Waals surface area contributed by atoms with Crippen LogP contribution in [0.15, 0.2) is 109 Å². The van der Waals surface area contributed by atoms with Gasteiger partial charge in [-0.25, -0.2) is 0 Å². The maximum absolute atomic E-state index is 5.56. The van der Waals surface area contributed by atoms with Crippen molar-refractivity contribution in [1.82, 2.24) is 0 Å². The molecule has 1 nitrogen and oxygen atoms in total. The summed E-state index contributed by atoms with van der Waals surface area (Å²) >= 11 is -0.826. The van der Waals surface area contributed by atoms with Crippen molar-refractivity contribution in [3.63, 3.8) is 0 Å². The Labute approximate surface area is 365 Å². The molecular weight excluding hydrogens is 819 g/mol. The summed E-state index contributed by atoms with van der Waals surface area (Å²) < 4.78 is 5.56. The van der Waals surface area contributed by atoms with Gasteiger partial charge in [0.2, 0.25) is 0 Å². The van der Waals surface area contributed by atoms with E-state index in [4.69, 9.17) is 21.8 Å². The average molecular weight is 885 g/mol. The molecule has 4 radical (unpaired) electrons. The third-order valence-corrected chi connectivity index (χ3v) is 9.34. The van der Waals surface area contributed by atoms with Crippen molar-refractivity contribution >= 4 is 49.5 Å². The van der Waals surface area contributed by atoms with Crippen molar-refractivity contribution in [3.05, 3.63) is 146 Å². The SMILES string of the molecule is Cc1cc2c(-c3ccc(C(C)(C)C)cc3)cccc2[cH-]1.Cc1cc2c(-c3ccc(C(C)(C)C)cc3)cccc2[cH-]1.[CH2-]CCCCCOC(C)(C)C.[CH3-].[Cl][Zr][Cl].[Si]. The van der Waals surface area contributed by atoms with Gasteiger partial charge in [0.05, 0.1) is 5.60 Å². The first kappa shape index (κ1) is 51.8. The number of fused-ring (bicyclic) bond motifs is 2. The van der Waals surface area contributed by atoms with Crippen LogP contribution in [0.3, 0.4) is 0 Å². The quantitative estimate of drug-likeness (QED) is 0.0882. The van der Waals surface area contributed by atoms with Crippen LogP contribution in [-0.2, 0) is 36.4 Å². The zero-order chi connectivity index (χ0) is 40.1. The number of hydrogen-bond donors (Lipinski definition) is 0. The molecule has 0 aliphatic heterocycles. The van der Waals surface area contributed by atoms with Crippen molar-refractivity contribution in [2.45, 2.75) is 118 Å². The summed E-state index contributed by atoms with van der Waals surface area (Å²) in [4.78, 5) is 0. The Morgan fingerprint density at radius 3 is 1.29 bits per heavy atom. The van der Waals surface area contributed by atoms with E-state index in [1.165, 1.54) is 85.3 Å². The predicted molar refractivity (Wildman–Crippen MR) is 250 cm³/mol. The molecular formula is C51H66Cl2OSiZr-4. The molecule has 0 spiro atoms. The number of aryl methyl sites for hydroxylation is 2. The second kappa shape index (κ2) is 24.0. The maximum Gasteiger partial charge on any atom is 0 e. The third kappa shape index (κ3) is 16.5. The van der Waals surface area contributed by atoms with Gasteiger partial charge < -0.3 is 19.1 Å². The minimum absolute atomic E-state index is 0. The normalized spacial score (nSPS) is 11.2. The first-order chi connectivity index (χ1) is 25.4. The summed E-state index contributed by atoms with van der Waals surface area (Å²) in [6.45, 7) is 28.8. The molecule has 0 bridgehead atoms. The first-order valence-electron chi connectivity index (χ1n) is 19.3. The fourth-order valence-corrected chi connectivity index (χ4v) is 6.41. The van der Waals surface area contributed by atoms with Gasteiger partial charge in [-0.1, -0.05) is 140 Å². The molecule has 0 aromatic heterocycles. The third-order valence-electron chi connectivity index (χ3n) is 9.34. The van der Waals surface area contributed by atoms with Gasteiger partial charge in [-0.3, -0.25) is 0 Å². The molecule has 6 aromatic rings. The standard InChI is InChI=1S/2C20H21.C10H21O.CH3.2ClH.Si.Zr/c2*1-14-12-16-6-5-7-18(19(16)13-14)15-8-10-17(11-9-15)20(2,3)4;1-5-6-7-8-9-11-10(2,3)4;;;;;/h2*5-13H,1-4H3;1,5-9H2,2-4H3;1H3;2*1H;;/q4*-1;;;;+2/p-2. The predicted octanol–water partition coefficient (Wildman–Crippen LogP) is 16.3. The Morgan fingerprint density at radius 1 is 0.589 bits per heavy atom. The molecule has 56 heavy (non-hydrogen) atoms. The van der Waals surface area contributed by atoms with Crippen LogP contribution < -0.4 is 0 Å².